The van der Waals surface area contributed by atoms with Crippen LogP contribution in [0.25, 0.3) is 0 Å². The minimum absolute atomic E-state index is 0. The molecule has 0 saturated carbocycles. The van der Waals surface area contributed by atoms with Crippen LogP contribution in [0.15, 0.2) is 97.1 Å². The van der Waals surface area contributed by atoms with E-state index in [1.54, 1.807) is 0 Å². The molecule has 3 N–H and O–H groups in total. The fourth-order valence-corrected chi connectivity index (χ4v) is 3.24. The molecule has 0 aliphatic heterocycles. The Balaban J connectivity index is -0.000000634. The van der Waals surface area contributed by atoms with Gasteiger partial charge in [-0.15, -0.1) is 0 Å². The molecule has 0 amide bonds. The van der Waals surface area contributed by atoms with E-state index in [9.17, 15) is 8.42 Å². The summed E-state index contributed by atoms with van der Waals surface area (Å²) in [4.78, 5) is 0. The Morgan fingerprint density at radius 2 is 1.07 bits per heavy atom. The molecule has 0 aliphatic carbocycles. The molecule has 3 rings (SSSR count). The maximum absolute atomic E-state index is 11.6. The van der Waals surface area contributed by atoms with Crippen molar-refractivity contribution < 1.29 is 32.2 Å². The van der Waals surface area contributed by atoms with Crippen molar-refractivity contribution in [2.24, 2.45) is 5.73 Å². The van der Waals surface area contributed by atoms with Crippen LogP contribution in [0.2, 0.25) is 0 Å². The van der Waals surface area contributed by atoms with Gasteiger partial charge in [-0.2, -0.15) is 0 Å². The molecule has 0 aromatic heterocycles. The Morgan fingerprint density at radius 1 is 0.741 bits per heavy atom. The van der Waals surface area contributed by atoms with Crippen LogP contribution in [-0.4, -0.2) is 14.7 Å². The molecule has 0 unspecified atom stereocenters. The van der Waals surface area contributed by atoms with E-state index in [2.05, 4.69) is 4.72 Å². The van der Waals surface area contributed by atoms with Crippen molar-refractivity contribution >= 4 is 10.0 Å². The van der Waals surface area contributed by atoms with E-state index in [0.29, 0.717) is 0 Å². The third kappa shape index (κ3) is 8.59. The Hall–Kier alpha value is -1.85. The van der Waals surface area contributed by atoms with E-state index in [4.69, 9.17) is 5.73 Å². The molecule has 0 saturated heterocycles. The largest absolute Gasteiger partial charge is 3.00 e. The summed E-state index contributed by atoms with van der Waals surface area (Å²) in [7, 11) is -3.35. The molecular formula is C21H27N2O2RuS. The number of hydrogen-bond donors (Lipinski definition) is 2. The maximum Gasteiger partial charge on any atom is 3.00 e. The molecule has 2 atom stereocenters. The Labute approximate surface area is 179 Å². The average molecular weight is 473 g/mol. The summed E-state index contributed by atoms with van der Waals surface area (Å²) in [6.07, 6.45) is 1.14. The van der Waals surface area contributed by atoms with E-state index in [1.807, 2.05) is 97.1 Å². The second-order valence-corrected chi connectivity index (χ2v) is 7.65. The molecule has 1 radical (unpaired) electrons. The standard InChI is InChI=1S/C15H18N2O2S.C6H6.Ru.3H/c1-20(18,19)17-15(13-10-6-3-7-11-13)14(16)12-8-4-2-5-9-12;1-2-4-6-5-3-1;;;;/h2-11,14-15,17H,16H2,1H3;1-6H;;;;/q;;+3;3*-1/t14-,15-;;;;;/m0...../s1. The molecule has 0 bridgehead atoms. The van der Waals surface area contributed by atoms with Crippen molar-refractivity contribution in [1.82, 2.24) is 4.72 Å². The van der Waals surface area contributed by atoms with Crippen LogP contribution < -0.4 is 10.5 Å². The smallest absolute Gasteiger partial charge is 1.00 e. The molecule has 4 nitrogen and oxygen atoms in total. The minimum atomic E-state index is -3.35. The summed E-state index contributed by atoms with van der Waals surface area (Å²) in [5, 5.41) is 0. The second-order valence-electron chi connectivity index (χ2n) is 5.87. The van der Waals surface area contributed by atoms with Gasteiger partial charge in [-0.1, -0.05) is 97.1 Å². The first kappa shape index (κ1) is 23.2. The van der Waals surface area contributed by atoms with Gasteiger partial charge in [0.2, 0.25) is 10.0 Å². The zero-order valence-corrected chi connectivity index (χ0v) is 17.6. The Bertz CT molecular complexity index is 848. The molecule has 27 heavy (non-hydrogen) atoms. The second kappa shape index (κ2) is 11.8. The van der Waals surface area contributed by atoms with Gasteiger partial charge in [-0.3, -0.25) is 0 Å². The molecule has 0 heterocycles. The first-order valence-corrected chi connectivity index (χ1v) is 10.2. The van der Waals surface area contributed by atoms with Crippen molar-refractivity contribution in [3.8, 4) is 0 Å². The van der Waals surface area contributed by atoms with Crippen LogP contribution in [0.5, 0.6) is 0 Å². The third-order valence-corrected chi connectivity index (χ3v) is 4.39. The van der Waals surface area contributed by atoms with E-state index in [-0.39, 0.29) is 23.8 Å². The number of sulfonamides is 1. The minimum Gasteiger partial charge on any atom is -1.00 e. The average Bonchev–Trinajstić information content (AvgIpc) is 2.68. The fraction of sp³-hybridized carbons (Fsp3) is 0.143. The van der Waals surface area contributed by atoms with Gasteiger partial charge in [0.15, 0.2) is 0 Å². The summed E-state index contributed by atoms with van der Waals surface area (Å²) in [5.74, 6) is 0. The van der Waals surface area contributed by atoms with Crippen molar-refractivity contribution in [2.75, 3.05) is 6.26 Å². The van der Waals surface area contributed by atoms with Gasteiger partial charge in [0.05, 0.1) is 18.3 Å². The topological polar surface area (TPSA) is 72.2 Å². The number of hydrogen-bond acceptors (Lipinski definition) is 3. The number of nitrogens with two attached hydrogens (primary N) is 1. The van der Waals surface area contributed by atoms with Crippen molar-refractivity contribution in [3.63, 3.8) is 0 Å². The van der Waals surface area contributed by atoms with E-state index in [0.717, 1.165) is 17.4 Å². The van der Waals surface area contributed by atoms with Gasteiger partial charge in [0, 0.05) is 0 Å². The Kier molecular flexibility index (Phi) is 10.1. The van der Waals surface area contributed by atoms with Crippen LogP contribution in [0.1, 0.15) is 27.5 Å². The van der Waals surface area contributed by atoms with Gasteiger partial charge < -0.3 is 10.0 Å². The predicted octanol–water partition coefficient (Wildman–Crippen LogP) is 4.00. The zero-order valence-electron chi connectivity index (χ0n) is 18.0. The van der Waals surface area contributed by atoms with Gasteiger partial charge >= 0.3 is 19.5 Å². The molecule has 147 valence electrons. The molecule has 0 aliphatic rings. The summed E-state index contributed by atoms with van der Waals surface area (Å²) < 4.78 is 25.8. The molecule has 3 aromatic carbocycles. The summed E-state index contributed by atoms with van der Waals surface area (Å²) in [6.45, 7) is 0. The normalized spacial score (nSPS) is 12.7. The van der Waals surface area contributed by atoms with Gasteiger partial charge in [0.25, 0.3) is 0 Å². The number of nitrogens with one attached hydrogen (secondary N) is 1. The zero-order chi connectivity index (χ0) is 18.8. The summed E-state index contributed by atoms with van der Waals surface area (Å²) >= 11 is 0. The maximum atomic E-state index is 11.6. The van der Waals surface area contributed by atoms with Crippen LogP contribution in [0.4, 0.5) is 0 Å². The van der Waals surface area contributed by atoms with Crippen LogP contribution in [0.3, 0.4) is 0 Å². The van der Waals surface area contributed by atoms with Gasteiger partial charge in [0.1, 0.15) is 0 Å². The van der Waals surface area contributed by atoms with Gasteiger partial charge in [-0.25, -0.2) is 13.1 Å². The molecule has 0 spiro atoms. The van der Waals surface area contributed by atoms with Crippen LogP contribution >= 0.6 is 0 Å². The quantitative estimate of drug-likeness (QED) is 0.552. The fourth-order valence-electron chi connectivity index (χ4n) is 2.49. The summed E-state index contributed by atoms with van der Waals surface area (Å²) in [5.41, 5.74) is 7.98. The molecule has 0 fully saturated rings. The number of rotatable bonds is 5. The van der Waals surface area contributed by atoms with Crippen LogP contribution in [-0.2, 0) is 29.5 Å². The van der Waals surface area contributed by atoms with E-state index < -0.39 is 22.1 Å². The first-order valence-electron chi connectivity index (χ1n) is 8.30. The summed E-state index contributed by atoms with van der Waals surface area (Å²) in [6, 6.07) is 29.9. The monoisotopic (exact) mass is 473 g/mol. The SMILES string of the molecule is CS(=O)(=O)N[C@@H](c1ccccc1)[C@@H](N)c1ccccc1.[H-].[H-].[H-].[Ru+3].c1ccccc1. The predicted molar refractivity (Wildman–Crippen MR) is 110 cm³/mol. The third-order valence-electron chi connectivity index (χ3n) is 3.71. The molecule has 6 heteroatoms. The van der Waals surface area contributed by atoms with Crippen molar-refractivity contribution in [3.05, 3.63) is 108 Å². The van der Waals surface area contributed by atoms with Crippen LogP contribution in [0, 0.1) is 0 Å². The van der Waals surface area contributed by atoms with E-state index in [1.165, 1.54) is 0 Å². The molecular weight excluding hydrogens is 445 g/mol. The first-order chi connectivity index (χ1) is 12.5. The Morgan fingerprint density at radius 3 is 1.44 bits per heavy atom. The number of benzene rings is 3. The van der Waals surface area contributed by atoms with Gasteiger partial charge in [-0.05, 0) is 11.1 Å². The van der Waals surface area contributed by atoms with Crippen molar-refractivity contribution in [2.45, 2.75) is 12.1 Å². The molecule has 3 aromatic rings. The van der Waals surface area contributed by atoms with E-state index >= 15 is 0 Å². The van der Waals surface area contributed by atoms with Crippen molar-refractivity contribution in [1.29, 1.82) is 0 Å².